The molecule has 0 aromatic heterocycles. The quantitative estimate of drug-likeness (QED) is 0.0322. The molecule has 0 rings (SSSR count). The molecule has 0 saturated carbocycles. The molecule has 0 aromatic rings. The Labute approximate surface area is 380 Å². The highest BCUT2D eigenvalue weighted by molar-refractivity contribution is 5.76. The van der Waals surface area contributed by atoms with Crippen LogP contribution in [0.25, 0.3) is 0 Å². The van der Waals surface area contributed by atoms with Crippen molar-refractivity contribution in [3.05, 3.63) is 24.3 Å². The summed E-state index contributed by atoms with van der Waals surface area (Å²) >= 11 is 0. The molecule has 0 bridgehead atoms. The summed E-state index contributed by atoms with van der Waals surface area (Å²) < 4.78 is 5.43. The van der Waals surface area contributed by atoms with E-state index in [1.807, 2.05) is 0 Å². The third-order valence-corrected chi connectivity index (χ3v) is 12.5. The van der Waals surface area contributed by atoms with Crippen LogP contribution in [0.15, 0.2) is 24.3 Å². The summed E-state index contributed by atoms with van der Waals surface area (Å²) in [7, 11) is 0. The van der Waals surface area contributed by atoms with Gasteiger partial charge < -0.3 is 20.3 Å². The molecule has 0 aliphatic rings. The fourth-order valence-electron chi connectivity index (χ4n) is 8.28. The zero-order valence-corrected chi connectivity index (χ0v) is 40.9. The first kappa shape index (κ1) is 59.3. The van der Waals surface area contributed by atoms with Crippen LogP contribution in [0.4, 0.5) is 0 Å². The minimum Gasteiger partial charge on any atom is -0.466 e. The summed E-state index contributed by atoms with van der Waals surface area (Å²) in [5, 5.41) is 23.3. The zero-order valence-electron chi connectivity index (χ0n) is 40.9. The lowest BCUT2D eigenvalue weighted by atomic mass is 10.0. The van der Waals surface area contributed by atoms with E-state index in [1.165, 1.54) is 173 Å². The number of aliphatic hydroxyl groups excluding tert-OH is 2. The van der Waals surface area contributed by atoms with E-state index in [0.717, 1.165) is 83.5 Å². The standard InChI is InChI=1S/C55H105NO5/c1-3-5-7-9-11-13-15-17-19-20-21-22-23-24-27-31-35-39-43-47-53(58)52(51-57)56-54(59)48-44-40-36-32-28-26-30-34-38-42-46-50-61-55(60)49-45-41-37-33-29-25-18-16-14-12-10-8-6-4-2/h16,18,30,34,52-53,57-58H,3-15,17,19-29,31-33,35-51H2,1-2H3,(H,56,59)/b18-16-,34-30-. The topological polar surface area (TPSA) is 95.9 Å². The highest BCUT2D eigenvalue weighted by Gasteiger charge is 2.20. The number of hydrogen-bond donors (Lipinski definition) is 3. The van der Waals surface area contributed by atoms with Crippen LogP contribution in [0.1, 0.15) is 290 Å². The van der Waals surface area contributed by atoms with Gasteiger partial charge in [0.2, 0.25) is 5.91 Å². The van der Waals surface area contributed by atoms with Crippen molar-refractivity contribution in [1.82, 2.24) is 5.32 Å². The van der Waals surface area contributed by atoms with Crippen LogP contribution < -0.4 is 5.32 Å². The normalized spacial score (nSPS) is 12.8. The Bertz CT molecular complexity index is 951. The molecule has 3 N–H and O–H groups in total. The van der Waals surface area contributed by atoms with Gasteiger partial charge in [0.05, 0.1) is 25.4 Å². The molecule has 61 heavy (non-hydrogen) atoms. The van der Waals surface area contributed by atoms with Gasteiger partial charge in [0.15, 0.2) is 0 Å². The number of nitrogens with one attached hydrogen (secondary N) is 1. The second-order valence-electron chi connectivity index (χ2n) is 18.6. The Morgan fingerprint density at radius 3 is 1.16 bits per heavy atom. The summed E-state index contributed by atoms with van der Waals surface area (Å²) in [4.78, 5) is 24.5. The minimum absolute atomic E-state index is 0.0394. The van der Waals surface area contributed by atoms with Crippen molar-refractivity contribution in [2.75, 3.05) is 13.2 Å². The van der Waals surface area contributed by atoms with E-state index < -0.39 is 12.1 Å². The molecule has 0 heterocycles. The lowest BCUT2D eigenvalue weighted by Crippen LogP contribution is -2.45. The number of allylic oxidation sites excluding steroid dienone is 4. The summed E-state index contributed by atoms with van der Waals surface area (Å²) in [6.07, 6.45) is 60.1. The third kappa shape index (κ3) is 47.7. The van der Waals surface area contributed by atoms with E-state index >= 15 is 0 Å². The molecule has 0 fully saturated rings. The molecule has 6 nitrogen and oxygen atoms in total. The van der Waals surface area contributed by atoms with Gasteiger partial charge in [0.25, 0.3) is 0 Å². The molecule has 0 aliphatic carbocycles. The summed E-state index contributed by atoms with van der Waals surface area (Å²) in [6.45, 7) is 4.87. The Morgan fingerprint density at radius 2 is 0.770 bits per heavy atom. The number of aliphatic hydroxyl groups is 2. The highest BCUT2D eigenvalue weighted by Crippen LogP contribution is 2.17. The monoisotopic (exact) mass is 860 g/mol. The van der Waals surface area contributed by atoms with E-state index in [4.69, 9.17) is 4.74 Å². The second kappa shape index (κ2) is 51.0. The lowest BCUT2D eigenvalue weighted by Gasteiger charge is -2.22. The minimum atomic E-state index is -0.683. The van der Waals surface area contributed by atoms with Crippen molar-refractivity contribution < 1.29 is 24.5 Å². The van der Waals surface area contributed by atoms with Gasteiger partial charge in [-0.15, -0.1) is 0 Å². The van der Waals surface area contributed by atoms with E-state index in [2.05, 4.69) is 43.5 Å². The SMILES string of the molecule is CCCCCCC/C=C\CCCCCCCC(=O)OCCCC/C=C\CCCCCCCC(=O)NC(CO)C(O)CCCCCCCCCCCCCCCCCCCCC. The second-order valence-corrected chi connectivity index (χ2v) is 18.6. The van der Waals surface area contributed by atoms with E-state index in [-0.39, 0.29) is 18.5 Å². The summed E-state index contributed by atoms with van der Waals surface area (Å²) in [5.41, 5.74) is 0. The van der Waals surface area contributed by atoms with Gasteiger partial charge in [-0.3, -0.25) is 9.59 Å². The fourth-order valence-corrected chi connectivity index (χ4v) is 8.28. The van der Waals surface area contributed by atoms with Crippen LogP contribution in [-0.4, -0.2) is 47.4 Å². The Hall–Kier alpha value is -1.66. The molecular weight excluding hydrogens is 755 g/mol. The number of ether oxygens (including phenoxy) is 1. The van der Waals surface area contributed by atoms with Crippen LogP contribution in [0.2, 0.25) is 0 Å². The first-order valence-corrected chi connectivity index (χ1v) is 27.1. The van der Waals surface area contributed by atoms with Crippen molar-refractivity contribution in [1.29, 1.82) is 0 Å². The Kier molecular flexibility index (Phi) is 49.6. The molecule has 360 valence electrons. The Balaban J connectivity index is 3.52. The first-order chi connectivity index (χ1) is 30.0. The largest absolute Gasteiger partial charge is 0.466 e. The number of amides is 1. The summed E-state index contributed by atoms with van der Waals surface area (Å²) in [5.74, 6) is -0.102. The van der Waals surface area contributed by atoms with Crippen molar-refractivity contribution in [3.63, 3.8) is 0 Å². The van der Waals surface area contributed by atoms with Gasteiger partial charge in [-0.1, -0.05) is 224 Å². The third-order valence-electron chi connectivity index (χ3n) is 12.5. The molecule has 0 radical (unpaired) electrons. The molecule has 0 spiro atoms. The smallest absolute Gasteiger partial charge is 0.305 e. The van der Waals surface area contributed by atoms with Crippen LogP contribution in [0.5, 0.6) is 0 Å². The molecule has 0 aliphatic heterocycles. The lowest BCUT2D eigenvalue weighted by molar-refractivity contribution is -0.143. The fraction of sp³-hybridized carbons (Fsp3) is 0.891. The number of esters is 1. The van der Waals surface area contributed by atoms with Crippen LogP contribution in [0.3, 0.4) is 0 Å². The van der Waals surface area contributed by atoms with Crippen LogP contribution in [-0.2, 0) is 14.3 Å². The molecule has 1 amide bonds. The first-order valence-electron chi connectivity index (χ1n) is 27.1. The van der Waals surface area contributed by atoms with Gasteiger partial charge in [-0.2, -0.15) is 0 Å². The van der Waals surface area contributed by atoms with Gasteiger partial charge in [-0.05, 0) is 77.0 Å². The molecule has 2 unspecified atom stereocenters. The maximum atomic E-state index is 12.5. The maximum Gasteiger partial charge on any atom is 0.305 e. The molecule has 0 aromatic carbocycles. The number of hydrogen-bond acceptors (Lipinski definition) is 5. The number of unbranched alkanes of at least 4 members (excludes halogenated alkanes) is 35. The molecular formula is C55H105NO5. The zero-order chi connectivity index (χ0) is 44.4. The summed E-state index contributed by atoms with van der Waals surface area (Å²) in [6, 6.07) is -0.563. The maximum absolute atomic E-state index is 12.5. The van der Waals surface area contributed by atoms with E-state index in [1.54, 1.807) is 0 Å². The number of carbonyl (C=O) groups is 2. The molecule has 2 atom stereocenters. The van der Waals surface area contributed by atoms with E-state index in [9.17, 15) is 19.8 Å². The average molecular weight is 860 g/mol. The molecule has 6 heteroatoms. The predicted molar refractivity (Wildman–Crippen MR) is 264 cm³/mol. The number of carbonyl (C=O) groups excluding carboxylic acids is 2. The van der Waals surface area contributed by atoms with Gasteiger partial charge in [0, 0.05) is 12.8 Å². The van der Waals surface area contributed by atoms with Gasteiger partial charge in [-0.25, -0.2) is 0 Å². The van der Waals surface area contributed by atoms with Crippen molar-refractivity contribution >= 4 is 11.9 Å². The number of rotatable bonds is 50. The van der Waals surface area contributed by atoms with Crippen molar-refractivity contribution in [2.45, 2.75) is 302 Å². The van der Waals surface area contributed by atoms with Crippen LogP contribution in [0, 0.1) is 0 Å². The van der Waals surface area contributed by atoms with Crippen LogP contribution >= 0.6 is 0 Å². The van der Waals surface area contributed by atoms with Crippen molar-refractivity contribution in [2.24, 2.45) is 0 Å². The van der Waals surface area contributed by atoms with Gasteiger partial charge >= 0.3 is 5.97 Å². The average Bonchev–Trinajstić information content (AvgIpc) is 3.26. The van der Waals surface area contributed by atoms with E-state index in [0.29, 0.717) is 25.9 Å². The van der Waals surface area contributed by atoms with Gasteiger partial charge in [0.1, 0.15) is 0 Å². The molecule has 0 saturated heterocycles. The van der Waals surface area contributed by atoms with Crippen molar-refractivity contribution in [3.8, 4) is 0 Å². The highest BCUT2D eigenvalue weighted by atomic mass is 16.5. The predicted octanol–water partition coefficient (Wildman–Crippen LogP) is 16.3. The Morgan fingerprint density at radius 1 is 0.443 bits per heavy atom.